The van der Waals surface area contributed by atoms with Crippen molar-refractivity contribution in [3.8, 4) is 0 Å². The van der Waals surface area contributed by atoms with Crippen molar-refractivity contribution in [2.45, 2.75) is 12.8 Å². The van der Waals surface area contributed by atoms with Crippen LogP contribution in [0.5, 0.6) is 0 Å². The van der Waals surface area contributed by atoms with Crippen LogP contribution < -0.4 is 5.22 Å². The van der Waals surface area contributed by atoms with Gasteiger partial charge >= 0.3 is 0 Å². The second-order valence-corrected chi connectivity index (χ2v) is 5.69. The fourth-order valence-corrected chi connectivity index (χ4v) is 3.17. The molecule has 0 radical (unpaired) electrons. The number of carbonyl (C=O) groups is 1. The highest BCUT2D eigenvalue weighted by Gasteiger charge is 2.19. The Kier molecular flexibility index (Phi) is 3.23. The van der Waals surface area contributed by atoms with Crippen LogP contribution in [0.15, 0.2) is 48.9 Å². The first-order valence-electron chi connectivity index (χ1n) is 7.55. The first-order chi connectivity index (χ1) is 11.6. The van der Waals surface area contributed by atoms with Crippen molar-refractivity contribution in [2.24, 2.45) is 0 Å². The molecule has 0 fully saturated rings. The van der Waals surface area contributed by atoms with E-state index in [0.29, 0.717) is 5.56 Å². The largest absolute Gasteiger partial charge is 0.302 e. The summed E-state index contributed by atoms with van der Waals surface area (Å²) in [5, 5.41) is 12.0. The van der Waals surface area contributed by atoms with E-state index in [9.17, 15) is 14.9 Å². The van der Waals surface area contributed by atoms with E-state index in [0.717, 1.165) is 28.4 Å². The summed E-state index contributed by atoms with van der Waals surface area (Å²) in [4.78, 5) is 27.2. The molecule has 4 rings (SSSR count). The molecular weight excluding hydrogens is 306 g/mol. The highest BCUT2D eigenvalue weighted by molar-refractivity contribution is 5.98. The Balaban J connectivity index is 1.75. The van der Waals surface area contributed by atoms with E-state index in [1.807, 2.05) is 16.6 Å². The minimum absolute atomic E-state index is 0.0746. The molecule has 2 aromatic heterocycles. The second kappa shape index (κ2) is 5.42. The number of ketones is 1. The van der Waals surface area contributed by atoms with Gasteiger partial charge in [-0.25, -0.2) is 4.98 Å². The van der Waals surface area contributed by atoms with Crippen molar-refractivity contribution in [1.29, 1.82) is 0 Å². The third-order valence-corrected chi connectivity index (χ3v) is 4.31. The second-order valence-electron chi connectivity index (χ2n) is 5.69. The molecule has 0 N–H and O–H groups in total. The minimum Gasteiger partial charge on any atom is -0.302 e. The van der Waals surface area contributed by atoms with Crippen molar-refractivity contribution in [3.63, 3.8) is 0 Å². The van der Waals surface area contributed by atoms with Gasteiger partial charge in [0.2, 0.25) is 0 Å². The van der Waals surface area contributed by atoms with E-state index >= 15 is 0 Å². The molecule has 0 spiro atoms. The number of allylic oxidation sites excluding steroid dienone is 2. The van der Waals surface area contributed by atoms with Crippen molar-refractivity contribution in [3.05, 3.63) is 81.1 Å². The topological polar surface area (TPSA) is 77.5 Å². The van der Waals surface area contributed by atoms with Crippen LogP contribution in [0, 0.1) is 10.1 Å². The molecule has 6 heteroatoms. The number of hydrogen-bond acceptors (Lipinski definition) is 4. The molecule has 0 unspecified atom stereocenters. The number of hydrogen-bond donors (Lipinski definition) is 0. The number of nitro groups is 1. The summed E-state index contributed by atoms with van der Waals surface area (Å²) < 4.78 is 1.93. The van der Waals surface area contributed by atoms with Crippen LogP contribution in [0.2, 0.25) is 0 Å². The fraction of sp³-hybridized carbons (Fsp3) is 0.111. The van der Waals surface area contributed by atoms with Gasteiger partial charge in [0.05, 0.1) is 29.4 Å². The molecule has 3 aromatic rings. The molecule has 0 atom stereocenters. The van der Waals surface area contributed by atoms with Crippen LogP contribution in [0.1, 0.15) is 21.6 Å². The van der Waals surface area contributed by atoms with Crippen molar-refractivity contribution in [1.82, 2.24) is 9.38 Å². The Labute approximate surface area is 136 Å². The number of nitrogens with zero attached hydrogens (tertiary/aromatic N) is 3. The number of fused-ring (bicyclic) bond motifs is 3. The van der Waals surface area contributed by atoms with Crippen LogP contribution in [-0.2, 0) is 12.8 Å². The highest BCUT2D eigenvalue weighted by Crippen LogP contribution is 2.19. The molecule has 1 aliphatic rings. The highest BCUT2D eigenvalue weighted by atomic mass is 16.6. The lowest BCUT2D eigenvalue weighted by Gasteiger charge is -2.06. The van der Waals surface area contributed by atoms with Crippen LogP contribution in [0.3, 0.4) is 0 Å². The Morgan fingerprint density at radius 2 is 2.25 bits per heavy atom. The molecule has 0 aliphatic heterocycles. The van der Waals surface area contributed by atoms with E-state index in [-0.39, 0.29) is 17.9 Å². The van der Waals surface area contributed by atoms with Gasteiger partial charge < -0.3 is 4.40 Å². The maximum absolute atomic E-state index is 12.7. The van der Waals surface area contributed by atoms with Gasteiger partial charge in [-0.1, -0.05) is 30.4 Å². The predicted octanol–water partition coefficient (Wildman–Crippen LogP) is 2.28. The van der Waals surface area contributed by atoms with Crippen molar-refractivity contribution in [2.75, 3.05) is 0 Å². The van der Waals surface area contributed by atoms with Gasteiger partial charge in [-0.15, -0.1) is 0 Å². The number of carbonyl (C=O) groups excluding carboxylic acids is 1. The molecule has 0 amide bonds. The fourth-order valence-electron chi connectivity index (χ4n) is 3.17. The van der Waals surface area contributed by atoms with Crippen molar-refractivity contribution >= 4 is 23.1 Å². The molecule has 118 valence electrons. The van der Waals surface area contributed by atoms with E-state index < -0.39 is 4.92 Å². The van der Waals surface area contributed by atoms with Crippen LogP contribution in [0.4, 0.5) is 5.69 Å². The predicted molar refractivity (Wildman–Crippen MR) is 88.8 cm³/mol. The smallest absolute Gasteiger partial charge is 0.270 e. The number of benzene rings is 1. The maximum Gasteiger partial charge on any atom is 0.270 e. The molecule has 1 aromatic carbocycles. The molecule has 0 saturated carbocycles. The van der Waals surface area contributed by atoms with E-state index in [1.54, 1.807) is 18.6 Å². The monoisotopic (exact) mass is 319 g/mol. The Hall–Kier alpha value is -3.28. The average molecular weight is 319 g/mol. The quantitative estimate of drug-likeness (QED) is 0.420. The van der Waals surface area contributed by atoms with Crippen molar-refractivity contribution < 1.29 is 9.72 Å². The molecule has 2 heterocycles. The molecular formula is C18H13N3O3. The standard InChI is InChI=1S/C18H13N3O3/c22-18(12-4-3-5-13(8-12)21(23)24)9-16-14-6-1-2-7-15(14)17-10-19-11-20(16)17/h1-5,7-8,10-11H,6,9H2. The summed E-state index contributed by atoms with van der Waals surface area (Å²) in [5.74, 6) is -0.142. The Morgan fingerprint density at radius 3 is 3.08 bits per heavy atom. The summed E-state index contributed by atoms with van der Waals surface area (Å²) in [6, 6.07) is 5.86. The summed E-state index contributed by atoms with van der Waals surface area (Å²) >= 11 is 0. The third kappa shape index (κ3) is 2.20. The van der Waals surface area contributed by atoms with E-state index in [2.05, 4.69) is 11.1 Å². The maximum atomic E-state index is 12.7. The van der Waals surface area contributed by atoms with Crippen LogP contribution in [0.25, 0.3) is 11.6 Å². The van der Waals surface area contributed by atoms with Crippen LogP contribution in [-0.4, -0.2) is 20.1 Å². The van der Waals surface area contributed by atoms with Gasteiger partial charge in [0, 0.05) is 28.6 Å². The van der Waals surface area contributed by atoms with Gasteiger partial charge in [0.15, 0.2) is 5.78 Å². The Bertz CT molecular complexity index is 1060. The van der Waals surface area contributed by atoms with Gasteiger partial charge in [0.1, 0.15) is 0 Å². The minimum atomic E-state index is -0.491. The lowest BCUT2D eigenvalue weighted by atomic mass is 10.00. The zero-order chi connectivity index (χ0) is 16.7. The summed E-state index contributed by atoms with van der Waals surface area (Å²) in [6.07, 6.45) is 10.5. The third-order valence-electron chi connectivity index (χ3n) is 4.31. The lowest BCUT2D eigenvalue weighted by molar-refractivity contribution is -0.384. The zero-order valence-corrected chi connectivity index (χ0v) is 12.7. The molecule has 24 heavy (non-hydrogen) atoms. The van der Waals surface area contributed by atoms with Crippen LogP contribution >= 0.6 is 0 Å². The van der Waals surface area contributed by atoms with Gasteiger partial charge in [-0.2, -0.15) is 0 Å². The number of imidazole rings is 1. The first-order valence-corrected chi connectivity index (χ1v) is 7.55. The summed E-state index contributed by atoms with van der Waals surface area (Å²) in [7, 11) is 0. The number of aromatic nitrogens is 2. The molecule has 0 bridgehead atoms. The van der Waals surface area contributed by atoms with E-state index in [1.165, 1.54) is 18.2 Å². The summed E-state index contributed by atoms with van der Waals surface area (Å²) in [5.41, 5.74) is 3.27. The molecule has 1 aliphatic carbocycles. The number of non-ortho nitro benzene ring substituents is 1. The number of Topliss-reactive ketones (excluding diaryl/α,β-unsaturated/α-hetero) is 1. The Morgan fingerprint density at radius 1 is 1.38 bits per heavy atom. The first kappa shape index (κ1) is 14.3. The number of rotatable bonds is 4. The molecule has 0 saturated heterocycles. The average Bonchev–Trinajstić information content (AvgIpc) is 3.18. The van der Waals surface area contributed by atoms with E-state index in [4.69, 9.17) is 0 Å². The normalized spacial score (nSPS) is 12.8. The van der Waals surface area contributed by atoms with Gasteiger partial charge in [-0.05, 0) is 12.0 Å². The lowest BCUT2D eigenvalue weighted by Crippen LogP contribution is -2.12. The summed E-state index contributed by atoms with van der Waals surface area (Å²) in [6.45, 7) is 0. The zero-order valence-electron chi connectivity index (χ0n) is 12.7. The number of nitro benzene ring substituents is 1. The van der Waals surface area contributed by atoms with Gasteiger partial charge in [0.25, 0.3) is 5.69 Å². The molecule has 6 nitrogen and oxygen atoms in total. The SMILES string of the molecule is O=C(Cc1c2c(c3cncn13)=CC=CC2)c1cccc([N+](=O)[O-])c1. The van der Waals surface area contributed by atoms with Gasteiger partial charge in [-0.3, -0.25) is 14.9 Å².